The van der Waals surface area contributed by atoms with Gasteiger partial charge in [0.15, 0.2) is 0 Å². The van der Waals surface area contributed by atoms with Gasteiger partial charge in [-0.2, -0.15) is 0 Å². The highest BCUT2D eigenvalue weighted by atomic mass is 79.9. The second-order valence-corrected chi connectivity index (χ2v) is 7.66. The van der Waals surface area contributed by atoms with Crippen LogP contribution in [0.4, 0.5) is 0 Å². The van der Waals surface area contributed by atoms with Crippen molar-refractivity contribution in [2.75, 3.05) is 6.54 Å². The second kappa shape index (κ2) is 6.85. The minimum Gasteiger partial charge on any atom is -0.353 e. The number of nitrogens with one attached hydrogen (secondary N) is 2. The topological polar surface area (TPSA) is 58.2 Å². The third kappa shape index (κ3) is 4.89. The maximum Gasteiger partial charge on any atom is 0.261 e. The molecular weight excluding hydrogens is 396 g/mol. The highest BCUT2D eigenvalue weighted by molar-refractivity contribution is 9.13. The van der Waals surface area contributed by atoms with Crippen molar-refractivity contribution in [3.05, 3.63) is 19.2 Å². The first-order valence-corrected chi connectivity index (χ1v) is 8.49. The van der Waals surface area contributed by atoms with Crippen molar-refractivity contribution in [1.82, 2.24) is 10.6 Å². The van der Waals surface area contributed by atoms with E-state index in [1.54, 1.807) is 6.07 Å². The van der Waals surface area contributed by atoms with Crippen molar-refractivity contribution in [3.8, 4) is 0 Å². The van der Waals surface area contributed by atoms with Crippen molar-refractivity contribution >= 4 is 55.0 Å². The van der Waals surface area contributed by atoms with E-state index in [1.165, 1.54) is 11.3 Å². The number of carbonyl (C=O) groups excluding carboxylic acids is 2. The average molecular weight is 410 g/mol. The van der Waals surface area contributed by atoms with E-state index >= 15 is 0 Å². The molecule has 0 unspecified atom stereocenters. The lowest BCUT2D eigenvalue weighted by molar-refractivity contribution is -0.121. The Morgan fingerprint density at radius 3 is 2.68 bits per heavy atom. The van der Waals surface area contributed by atoms with Gasteiger partial charge in [0.1, 0.15) is 0 Å². The van der Waals surface area contributed by atoms with Gasteiger partial charge in [0, 0.05) is 23.5 Å². The first-order valence-electron chi connectivity index (χ1n) is 6.08. The van der Waals surface area contributed by atoms with Gasteiger partial charge in [0.2, 0.25) is 5.91 Å². The van der Waals surface area contributed by atoms with E-state index in [9.17, 15) is 9.59 Å². The largest absolute Gasteiger partial charge is 0.353 e. The maximum absolute atomic E-state index is 11.8. The van der Waals surface area contributed by atoms with Crippen LogP contribution in [0.3, 0.4) is 0 Å². The molecule has 19 heavy (non-hydrogen) atoms. The molecule has 1 aliphatic carbocycles. The molecule has 1 aromatic rings. The number of hydrogen-bond donors (Lipinski definition) is 2. The molecule has 0 aromatic carbocycles. The van der Waals surface area contributed by atoms with Crippen LogP contribution in [0.1, 0.15) is 35.4 Å². The highest BCUT2D eigenvalue weighted by Crippen LogP contribution is 2.32. The first kappa shape index (κ1) is 15.0. The Bertz CT molecular complexity index is 467. The molecule has 4 nitrogen and oxygen atoms in total. The summed E-state index contributed by atoms with van der Waals surface area (Å²) in [5, 5.41) is 5.74. The van der Waals surface area contributed by atoms with E-state index in [0.717, 1.165) is 21.1 Å². The molecule has 0 aliphatic heterocycles. The summed E-state index contributed by atoms with van der Waals surface area (Å²) in [7, 11) is 0. The summed E-state index contributed by atoms with van der Waals surface area (Å²) in [4.78, 5) is 23.9. The summed E-state index contributed by atoms with van der Waals surface area (Å²) in [5.41, 5.74) is 0. The van der Waals surface area contributed by atoms with Crippen LogP contribution in [0.15, 0.2) is 14.3 Å². The van der Waals surface area contributed by atoms with E-state index in [4.69, 9.17) is 0 Å². The molecule has 0 spiro atoms. The summed E-state index contributed by atoms with van der Waals surface area (Å²) < 4.78 is 1.79. The molecule has 1 aliphatic rings. The van der Waals surface area contributed by atoms with Crippen LogP contribution in [-0.4, -0.2) is 24.4 Å². The Kier molecular flexibility index (Phi) is 5.41. The van der Waals surface area contributed by atoms with Crippen molar-refractivity contribution in [2.24, 2.45) is 0 Å². The molecule has 0 saturated heterocycles. The standard InChI is InChI=1S/C12H14Br2N2O2S/c13-8-6-9(19-11(8)14)12(18)15-5-1-2-10(17)16-7-3-4-7/h6-7H,1-5H2,(H,15,18)(H,16,17). The van der Waals surface area contributed by atoms with Gasteiger partial charge in [-0.3, -0.25) is 9.59 Å². The molecular formula is C12H14Br2N2O2S. The molecule has 104 valence electrons. The van der Waals surface area contributed by atoms with Gasteiger partial charge in [-0.15, -0.1) is 11.3 Å². The van der Waals surface area contributed by atoms with Crippen molar-refractivity contribution in [3.63, 3.8) is 0 Å². The van der Waals surface area contributed by atoms with Gasteiger partial charge >= 0.3 is 0 Å². The summed E-state index contributed by atoms with van der Waals surface area (Å²) in [5.74, 6) is -0.0163. The zero-order chi connectivity index (χ0) is 13.8. The monoisotopic (exact) mass is 408 g/mol. The fourth-order valence-corrected chi connectivity index (χ4v) is 3.48. The molecule has 1 aromatic heterocycles. The fourth-order valence-electron chi connectivity index (χ4n) is 1.52. The lowest BCUT2D eigenvalue weighted by atomic mass is 10.3. The van der Waals surface area contributed by atoms with Gasteiger partial charge in [-0.25, -0.2) is 0 Å². The van der Waals surface area contributed by atoms with E-state index in [-0.39, 0.29) is 11.8 Å². The van der Waals surface area contributed by atoms with Crippen LogP contribution in [-0.2, 0) is 4.79 Å². The van der Waals surface area contributed by atoms with Crippen LogP contribution in [0.2, 0.25) is 0 Å². The molecule has 0 atom stereocenters. The summed E-state index contributed by atoms with van der Waals surface area (Å²) in [6, 6.07) is 2.19. The molecule has 0 bridgehead atoms. The molecule has 2 rings (SSSR count). The molecule has 2 amide bonds. The molecule has 1 heterocycles. The Balaban J connectivity index is 1.64. The summed E-state index contributed by atoms with van der Waals surface area (Å²) >= 11 is 8.08. The van der Waals surface area contributed by atoms with E-state index in [1.807, 2.05) is 0 Å². The lowest BCUT2D eigenvalue weighted by Gasteiger charge is -2.04. The number of halogens is 2. The Morgan fingerprint density at radius 2 is 2.11 bits per heavy atom. The minimum absolute atomic E-state index is 0.0818. The molecule has 7 heteroatoms. The SMILES string of the molecule is O=C(CCCNC(=O)c1cc(Br)c(Br)s1)NC1CC1. The quantitative estimate of drug-likeness (QED) is 0.709. The normalized spacial score (nSPS) is 14.2. The Hall–Kier alpha value is -0.400. The van der Waals surface area contributed by atoms with Crippen molar-refractivity contribution in [2.45, 2.75) is 31.7 Å². The number of thiophene rings is 1. The molecule has 1 saturated carbocycles. The first-order chi connectivity index (χ1) is 9.06. The van der Waals surface area contributed by atoms with Crippen molar-refractivity contribution in [1.29, 1.82) is 0 Å². The van der Waals surface area contributed by atoms with Gasteiger partial charge in [-0.1, -0.05) is 0 Å². The summed E-state index contributed by atoms with van der Waals surface area (Å²) in [6.07, 6.45) is 3.34. The van der Waals surface area contributed by atoms with Gasteiger partial charge in [-0.05, 0) is 57.2 Å². The number of hydrogen-bond acceptors (Lipinski definition) is 3. The maximum atomic E-state index is 11.8. The van der Waals surface area contributed by atoms with Crippen LogP contribution in [0.5, 0.6) is 0 Å². The zero-order valence-corrected chi connectivity index (χ0v) is 14.2. The third-order valence-electron chi connectivity index (χ3n) is 2.68. The Labute approximate surface area is 132 Å². The third-order valence-corrected chi connectivity index (χ3v) is 5.93. The van der Waals surface area contributed by atoms with Gasteiger partial charge < -0.3 is 10.6 Å². The highest BCUT2D eigenvalue weighted by Gasteiger charge is 2.22. The number of carbonyl (C=O) groups is 2. The Morgan fingerprint density at radius 1 is 1.37 bits per heavy atom. The number of amides is 2. The molecule has 1 fully saturated rings. The summed E-state index contributed by atoms with van der Waals surface area (Å²) in [6.45, 7) is 0.518. The second-order valence-electron chi connectivity index (χ2n) is 4.43. The van der Waals surface area contributed by atoms with Crippen LogP contribution >= 0.6 is 43.2 Å². The predicted molar refractivity (Wildman–Crippen MR) is 82.5 cm³/mol. The van der Waals surface area contributed by atoms with Crippen molar-refractivity contribution < 1.29 is 9.59 Å². The van der Waals surface area contributed by atoms with Gasteiger partial charge in [0.25, 0.3) is 5.91 Å². The van der Waals surface area contributed by atoms with E-state index in [2.05, 4.69) is 42.5 Å². The fraction of sp³-hybridized carbons (Fsp3) is 0.500. The van der Waals surface area contributed by atoms with E-state index < -0.39 is 0 Å². The predicted octanol–water partition coefficient (Wildman–Crippen LogP) is 3.06. The number of rotatable bonds is 6. The van der Waals surface area contributed by atoms with Crippen LogP contribution in [0.25, 0.3) is 0 Å². The lowest BCUT2D eigenvalue weighted by Crippen LogP contribution is -2.28. The average Bonchev–Trinajstić information content (AvgIpc) is 3.10. The van der Waals surface area contributed by atoms with Crippen LogP contribution < -0.4 is 10.6 Å². The zero-order valence-electron chi connectivity index (χ0n) is 10.2. The van der Waals surface area contributed by atoms with Gasteiger partial charge in [0.05, 0.1) is 8.66 Å². The van der Waals surface area contributed by atoms with Crippen LogP contribution in [0, 0.1) is 0 Å². The minimum atomic E-state index is -0.0981. The smallest absolute Gasteiger partial charge is 0.261 e. The molecule has 2 N–H and O–H groups in total. The van der Waals surface area contributed by atoms with E-state index in [0.29, 0.717) is 30.3 Å². The molecule has 0 radical (unpaired) electrons.